The Hall–Kier alpha value is -3.98. The summed E-state index contributed by atoms with van der Waals surface area (Å²) in [6, 6.07) is 16.4. The van der Waals surface area contributed by atoms with E-state index in [0.29, 0.717) is 38.5 Å². The molecule has 37 heavy (non-hydrogen) atoms. The molecule has 1 fully saturated rings. The molecule has 4 rings (SSSR count). The van der Waals surface area contributed by atoms with Crippen LogP contribution in [0.2, 0.25) is 0 Å². The van der Waals surface area contributed by atoms with E-state index in [-0.39, 0.29) is 11.3 Å². The highest BCUT2D eigenvalue weighted by molar-refractivity contribution is 9.10. The molecule has 9 heteroatoms. The smallest absolute Gasteiger partial charge is 0.300 e. The molecule has 1 N–H and O–H groups in total. The largest absolute Gasteiger partial charge is 0.507 e. The number of hydrogen-bond acceptors (Lipinski definition) is 7. The van der Waals surface area contributed by atoms with Gasteiger partial charge in [-0.3, -0.25) is 14.5 Å². The number of halogens is 1. The van der Waals surface area contributed by atoms with E-state index in [2.05, 4.69) is 15.9 Å². The number of amides is 1. The first-order valence-corrected chi connectivity index (χ1v) is 12.1. The molecule has 0 saturated carbocycles. The van der Waals surface area contributed by atoms with Gasteiger partial charge in [-0.25, -0.2) is 0 Å². The van der Waals surface area contributed by atoms with Gasteiger partial charge in [-0.1, -0.05) is 6.07 Å². The first kappa shape index (κ1) is 26.1. The van der Waals surface area contributed by atoms with Crippen molar-refractivity contribution in [3.05, 3.63) is 81.8 Å². The van der Waals surface area contributed by atoms with Gasteiger partial charge in [0.25, 0.3) is 11.7 Å². The first-order valence-electron chi connectivity index (χ1n) is 11.4. The van der Waals surface area contributed by atoms with Crippen molar-refractivity contribution in [1.82, 2.24) is 0 Å². The fourth-order valence-corrected chi connectivity index (χ4v) is 4.86. The van der Waals surface area contributed by atoms with Crippen LogP contribution in [0, 0.1) is 0 Å². The Kier molecular flexibility index (Phi) is 7.45. The third-order valence-corrected chi connectivity index (χ3v) is 6.86. The Morgan fingerprint density at radius 2 is 1.49 bits per heavy atom. The van der Waals surface area contributed by atoms with E-state index in [4.69, 9.17) is 14.2 Å². The Balaban J connectivity index is 1.94. The van der Waals surface area contributed by atoms with E-state index in [0.717, 1.165) is 5.69 Å². The van der Waals surface area contributed by atoms with Crippen LogP contribution in [0.15, 0.2) is 70.7 Å². The molecule has 1 atom stereocenters. The Labute approximate surface area is 223 Å². The molecule has 0 aromatic heterocycles. The third-order valence-electron chi connectivity index (χ3n) is 6.24. The lowest BCUT2D eigenvalue weighted by Crippen LogP contribution is -2.29. The summed E-state index contributed by atoms with van der Waals surface area (Å²) in [4.78, 5) is 30.2. The van der Waals surface area contributed by atoms with E-state index in [1.165, 1.54) is 26.2 Å². The molecule has 1 unspecified atom stereocenters. The van der Waals surface area contributed by atoms with Crippen LogP contribution in [-0.4, -0.2) is 52.2 Å². The van der Waals surface area contributed by atoms with E-state index in [1.807, 2.05) is 31.1 Å². The van der Waals surface area contributed by atoms with Crippen LogP contribution in [-0.2, 0) is 9.59 Å². The van der Waals surface area contributed by atoms with Gasteiger partial charge >= 0.3 is 0 Å². The summed E-state index contributed by atoms with van der Waals surface area (Å²) in [7, 11) is 8.39. The lowest BCUT2D eigenvalue weighted by atomic mass is 9.94. The van der Waals surface area contributed by atoms with Gasteiger partial charge in [-0.2, -0.15) is 0 Å². The third kappa shape index (κ3) is 4.74. The first-order chi connectivity index (χ1) is 17.7. The maximum Gasteiger partial charge on any atom is 0.300 e. The molecular weight excluding hydrogens is 540 g/mol. The van der Waals surface area contributed by atoms with Crippen molar-refractivity contribution in [3.8, 4) is 17.2 Å². The standard InChI is InChI=1S/C28H27BrN2O6/c1-30(2)18-8-10-19(11-9-18)31-25(16-6-13-22(36-4)23(15-16)37-5)24(27(33)28(31)34)26(32)17-7-12-21(35-3)20(29)14-17/h6-15,25,32H,1-5H3/b26-24-. The SMILES string of the molecule is COc1ccc(/C(O)=C2/C(=O)C(=O)N(c3ccc(N(C)C)cc3)C2c2ccc(OC)c(OC)c2)cc1Br. The van der Waals surface area contributed by atoms with E-state index < -0.39 is 17.7 Å². The van der Waals surface area contributed by atoms with Crippen molar-refractivity contribution in [2.75, 3.05) is 45.2 Å². The highest BCUT2D eigenvalue weighted by Crippen LogP contribution is 2.44. The fraction of sp³-hybridized carbons (Fsp3) is 0.214. The topological polar surface area (TPSA) is 88.5 Å². The molecule has 1 aliphatic rings. The lowest BCUT2D eigenvalue weighted by Gasteiger charge is -2.26. The molecule has 0 radical (unpaired) electrons. The van der Waals surface area contributed by atoms with Crippen molar-refractivity contribution in [2.45, 2.75) is 6.04 Å². The number of hydrogen-bond donors (Lipinski definition) is 1. The zero-order valence-corrected chi connectivity index (χ0v) is 22.7. The number of anilines is 2. The zero-order valence-electron chi connectivity index (χ0n) is 21.1. The van der Waals surface area contributed by atoms with Gasteiger partial charge in [0.2, 0.25) is 0 Å². The Morgan fingerprint density at radius 3 is 2.05 bits per heavy atom. The second-order valence-electron chi connectivity index (χ2n) is 8.54. The number of carbonyl (C=O) groups excluding carboxylic acids is 2. The maximum atomic E-state index is 13.4. The predicted molar refractivity (Wildman–Crippen MR) is 146 cm³/mol. The number of carbonyl (C=O) groups is 2. The van der Waals surface area contributed by atoms with E-state index in [9.17, 15) is 14.7 Å². The minimum absolute atomic E-state index is 0.0361. The molecule has 1 saturated heterocycles. The quantitative estimate of drug-likeness (QED) is 0.240. The molecular formula is C28H27BrN2O6. The van der Waals surface area contributed by atoms with Gasteiger partial charge in [0.1, 0.15) is 11.5 Å². The maximum absolute atomic E-state index is 13.4. The lowest BCUT2D eigenvalue weighted by molar-refractivity contribution is -0.132. The number of ketones is 1. The van der Waals surface area contributed by atoms with E-state index >= 15 is 0 Å². The van der Waals surface area contributed by atoms with Gasteiger partial charge in [0, 0.05) is 31.0 Å². The highest BCUT2D eigenvalue weighted by Gasteiger charge is 2.47. The van der Waals surface area contributed by atoms with Crippen molar-refractivity contribution in [1.29, 1.82) is 0 Å². The summed E-state index contributed by atoms with van der Waals surface area (Å²) in [6.07, 6.45) is 0. The summed E-state index contributed by atoms with van der Waals surface area (Å²) in [5.41, 5.74) is 2.35. The van der Waals surface area contributed by atoms with Gasteiger partial charge in [0.05, 0.1) is 37.4 Å². The van der Waals surface area contributed by atoms with Gasteiger partial charge in [-0.05, 0) is 76.1 Å². The minimum atomic E-state index is -0.911. The molecule has 3 aromatic rings. The molecule has 8 nitrogen and oxygen atoms in total. The highest BCUT2D eigenvalue weighted by atomic mass is 79.9. The van der Waals surface area contributed by atoms with Crippen LogP contribution < -0.4 is 24.0 Å². The molecule has 1 heterocycles. The van der Waals surface area contributed by atoms with Crippen LogP contribution in [0.1, 0.15) is 17.2 Å². The molecule has 192 valence electrons. The Morgan fingerprint density at radius 1 is 0.865 bits per heavy atom. The van der Waals surface area contributed by atoms with Crippen molar-refractivity contribution < 1.29 is 28.9 Å². The molecule has 3 aromatic carbocycles. The average Bonchev–Trinajstić information content (AvgIpc) is 3.17. The van der Waals surface area contributed by atoms with Crippen LogP contribution in [0.4, 0.5) is 11.4 Å². The number of benzene rings is 3. The number of aliphatic hydroxyl groups is 1. The number of rotatable bonds is 7. The molecule has 1 amide bonds. The molecule has 0 aliphatic carbocycles. The summed E-state index contributed by atoms with van der Waals surface area (Å²) < 4.78 is 16.7. The molecule has 1 aliphatic heterocycles. The zero-order chi connectivity index (χ0) is 26.9. The predicted octanol–water partition coefficient (Wildman–Crippen LogP) is 5.17. The average molecular weight is 567 g/mol. The number of methoxy groups -OCH3 is 3. The fourth-order valence-electron chi connectivity index (χ4n) is 4.32. The molecule has 0 spiro atoms. The number of nitrogens with zero attached hydrogens (tertiary/aromatic N) is 2. The Bertz CT molecular complexity index is 1380. The second-order valence-corrected chi connectivity index (χ2v) is 9.40. The number of aliphatic hydroxyl groups excluding tert-OH is 1. The van der Waals surface area contributed by atoms with Crippen LogP contribution in [0.25, 0.3) is 5.76 Å². The summed E-state index contributed by atoms with van der Waals surface area (Å²) in [5.74, 6) is -0.339. The van der Waals surface area contributed by atoms with Crippen molar-refractivity contribution in [2.24, 2.45) is 0 Å². The second kappa shape index (κ2) is 10.6. The van der Waals surface area contributed by atoms with Crippen molar-refractivity contribution in [3.63, 3.8) is 0 Å². The normalized spacial score (nSPS) is 16.6. The van der Waals surface area contributed by atoms with Gasteiger partial charge < -0.3 is 24.2 Å². The van der Waals surface area contributed by atoms with Crippen LogP contribution in [0.5, 0.6) is 17.2 Å². The summed E-state index contributed by atoms with van der Waals surface area (Å²) in [5, 5.41) is 11.4. The number of ether oxygens (including phenoxy) is 3. The summed E-state index contributed by atoms with van der Waals surface area (Å²) in [6.45, 7) is 0. The van der Waals surface area contributed by atoms with Gasteiger partial charge in [-0.15, -0.1) is 0 Å². The molecule has 0 bridgehead atoms. The monoisotopic (exact) mass is 566 g/mol. The van der Waals surface area contributed by atoms with Crippen LogP contribution in [0.3, 0.4) is 0 Å². The minimum Gasteiger partial charge on any atom is -0.507 e. The summed E-state index contributed by atoms with van der Waals surface area (Å²) >= 11 is 3.42. The van der Waals surface area contributed by atoms with Crippen LogP contribution >= 0.6 is 15.9 Å². The van der Waals surface area contributed by atoms with Crippen molar-refractivity contribution >= 4 is 44.8 Å². The van der Waals surface area contributed by atoms with Gasteiger partial charge in [0.15, 0.2) is 11.5 Å². The van der Waals surface area contributed by atoms with E-state index in [1.54, 1.807) is 48.5 Å². The number of Topliss-reactive ketones (excluding diaryl/α,β-unsaturated/α-hetero) is 1.